The molecule has 94 valence electrons. The molecule has 0 aliphatic rings. The van der Waals surface area contributed by atoms with Gasteiger partial charge in [-0.25, -0.2) is 0 Å². The number of anilines is 1. The highest BCUT2D eigenvalue weighted by molar-refractivity contribution is 6.07. The Morgan fingerprint density at radius 2 is 1.83 bits per heavy atom. The van der Waals surface area contributed by atoms with Crippen LogP contribution in [0.15, 0.2) is 23.9 Å². The summed E-state index contributed by atoms with van der Waals surface area (Å²) in [5.74, 6) is -0.401. The normalized spacial score (nSPS) is 10.7. The molecule has 0 radical (unpaired) electrons. The van der Waals surface area contributed by atoms with Crippen LogP contribution in [-0.2, 0) is 4.79 Å². The molecule has 0 bridgehead atoms. The summed E-state index contributed by atoms with van der Waals surface area (Å²) in [6, 6.07) is 5.85. The number of hydrogen-bond donors (Lipinski definition) is 2. The second-order valence-corrected chi connectivity index (χ2v) is 4.19. The summed E-state index contributed by atoms with van der Waals surface area (Å²) in [5.41, 5.74) is 3.94. The maximum absolute atomic E-state index is 11.9. The number of carbonyl (C=O) groups excluding carboxylic acids is 1. The van der Waals surface area contributed by atoms with E-state index in [4.69, 9.17) is 5.26 Å². The highest BCUT2D eigenvalue weighted by Crippen LogP contribution is 2.22. The van der Waals surface area contributed by atoms with Crippen molar-refractivity contribution in [2.24, 2.45) is 0 Å². The van der Waals surface area contributed by atoms with Crippen LogP contribution in [0.4, 0.5) is 5.69 Å². The van der Waals surface area contributed by atoms with Crippen LogP contribution in [0, 0.1) is 32.1 Å². The predicted molar refractivity (Wildman–Crippen MR) is 72.0 cm³/mol. The topological polar surface area (TPSA) is 64.9 Å². The Bertz CT molecular complexity index is 515. The van der Waals surface area contributed by atoms with Gasteiger partial charge in [0.1, 0.15) is 11.6 Å². The summed E-state index contributed by atoms with van der Waals surface area (Å²) in [7, 11) is 1.65. The number of nitrogens with one attached hydrogen (secondary N) is 2. The number of carbonyl (C=O) groups is 1. The number of amides is 1. The lowest BCUT2D eigenvalue weighted by Crippen LogP contribution is -2.17. The van der Waals surface area contributed by atoms with E-state index in [1.165, 1.54) is 6.20 Å². The SMILES string of the molecule is CN/C=C(/C#N)C(=O)Nc1c(C)cc(C)cc1C. The van der Waals surface area contributed by atoms with E-state index in [0.29, 0.717) is 0 Å². The van der Waals surface area contributed by atoms with Crippen molar-refractivity contribution in [1.29, 1.82) is 5.26 Å². The van der Waals surface area contributed by atoms with Crippen molar-refractivity contribution >= 4 is 11.6 Å². The Balaban J connectivity index is 3.03. The molecule has 0 aliphatic heterocycles. The third kappa shape index (κ3) is 3.11. The van der Waals surface area contributed by atoms with Crippen molar-refractivity contribution in [2.75, 3.05) is 12.4 Å². The average Bonchev–Trinajstić information content (AvgIpc) is 2.30. The van der Waals surface area contributed by atoms with Gasteiger partial charge >= 0.3 is 0 Å². The molecular weight excluding hydrogens is 226 g/mol. The molecule has 4 heteroatoms. The molecule has 2 N–H and O–H groups in total. The Hall–Kier alpha value is -2.28. The Labute approximate surface area is 107 Å². The largest absolute Gasteiger partial charge is 0.393 e. The molecule has 0 aliphatic carbocycles. The lowest BCUT2D eigenvalue weighted by molar-refractivity contribution is -0.112. The van der Waals surface area contributed by atoms with Gasteiger partial charge in [0.2, 0.25) is 0 Å². The Morgan fingerprint density at radius 1 is 1.28 bits per heavy atom. The molecule has 1 amide bonds. The standard InChI is InChI=1S/C14H17N3O/c1-9-5-10(2)13(11(3)6-9)17-14(18)12(7-15)8-16-4/h5-6,8,16H,1-4H3,(H,17,18)/b12-8-. The van der Waals surface area contributed by atoms with Gasteiger partial charge in [0, 0.05) is 18.9 Å². The van der Waals surface area contributed by atoms with E-state index in [9.17, 15) is 4.79 Å². The van der Waals surface area contributed by atoms with Crippen LogP contribution in [-0.4, -0.2) is 13.0 Å². The van der Waals surface area contributed by atoms with E-state index in [-0.39, 0.29) is 5.57 Å². The third-order valence-corrected chi connectivity index (χ3v) is 2.57. The number of benzene rings is 1. The molecule has 0 atom stereocenters. The Morgan fingerprint density at radius 3 is 2.28 bits per heavy atom. The fraction of sp³-hybridized carbons (Fsp3) is 0.286. The maximum Gasteiger partial charge on any atom is 0.267 e. The molecule has 0 heterocycles. The van der Waals surface area contributed by atoms with Gasteiger partial charge in [-0.3, -0.25) is 4.79 Å². The van der Waals surface area contributed by atoms with E-state index >= 15 is 0 Å². The molecule has 0 unspecified atom stereocenters. The lowest BCUT2D eigenvalue weighted by atomic mass is 10.0. The van der Waals surface area contributed by atoms with Gasteiger partial charge in [-0.1, -0.05) is 17.7 Å². The average molecular weight is 243 g/mol. The summed E-state index contributed by atoms with van der Waals surface area (Å²) >= 11 is 0. The number of rotatable bonds is 3. The zero-order chi connectivity index (χ0) is 13.7. The zero-order valence-corrected chi connectivity index (χ0v) is 11.1. The van der Waals surface area contributed by atoms with Crippen LogP contribution in [0.3, 0.4) is 0 Å². The number of aryl methyl sites for hydroxylation is 3. The van der Waals surface area contributed by atoms with Gasteiger partial charge in [-0.15, -0.1) is 0 Å². The molecule has 0 aromatic heterocycles. The quantitative estimate of drug-likeness (QED) is 0.631. The molecular formula is C14H17N3O. The van der Waals surface area contributed by atoms with E-state index in [2.05, 4.69) is 10.6 Å². The lowest BCUT2D eigenvalue weighted by Gasteiger charge is -2.12. The molecule has 0 fully saturated rings. The first-order valence-electron chi connectivity index (χ1n) is 5.66. The molecule has 0 saturated carbocycles. The van der Waals surface area contributed by atoms with E-state index in [1.54, 1.807) is 7.05 Å². The summed E-state index contributed by atoms with van der Waals surface area (Å²) in [6.07, 6.45) is 1.38. The number of nitriles is 1. The van der Waals surface area contributed by atoms with Gasteiger partial charge in [0.25, 0.3) is 5.91 Å². The Kier molecular flexibility index (Phi) is 4.50. The number of nitrogens with zero attached hydrogens (tertiary/aromatic N) is 1. The van der Waals surface area contributed by atoms with E-state index in [0.717, 1.165) is 22.4 Å². The first-order valence-corrected chi connectivity index (χ1v) is 5.66. The number of hydrogen-bond acceptors (Lipinski definition) is 3. The third-order valence-electron chi connectivity index (χ3n) is 2.57. The van der Waals surface area contributed by atoms with Crippen molar-refractivity contribution in [3.63, 3.8) is 0 Å². The predicted octanol–water partition coefficient (Wildman–Crippen LogP) is 2.18. The highest BCUT2D eigenvalue weighted by atomic mass is 16.1. The van der Waals surface area contributed by atoms with Crippen LogP contribution in [0.5, 0.6) is 0 Å². The molecule has 0 spiro atoms. The van der Waals surface area contributed by atoms with Crippen LogP contribution in [0.1, 0.15) is 16.7 Å². The second-order valence-electron chi connectivity index (χ2n) is 4.19. The van der Waals surface area contributed by atoms with Crippen LogP contribution in [0.25, 0.3) is 0 Å². The first kappa shape index (κ1) is 13.8. The van der Waals surface area contributed by atoms with Crippen LogP contribution in [0.2, 0.25) is 0 Å². The van der Waals surface area contributed by atoms with Gasteiger partial charge in [-0.2, -0.15) is 5.26 Å². The minimum atomic E-state index is -0.401. The zero-order valence-electron chi connectivity index (χ0n) is 11.1. The van der Waals surface area contributed by atoms with Crippen molar-refractivity contribution in [3.05, 3.63) is 40.6 Å². The van der Waals surface area contributed by atoms with Gasteiger partial charge < -0.3 is 10.6 Å². The fourth-order valence-electron chi connectivity index (χ4n) is 1.85. The smallest absolute Gasteiger partial charge is 0.267 e. The minimum absolute atomic E-state index is 0.0527. The fourth-order valence-corrected chi connectivity index (χ4v) is 1.85. The molecule has 18 heavy (non-hydrogen) atoms. The molecule has 1 aromatic rings. The summed E-state index contributed by atoms with van der Waals surface area (Å²) in [6.45, 7) is 5.88. The summed E-state index contributed by atoms with van der Waals surface area (Å²) in [5, 5.41) is 14.3. The second kappa shape index (κ2) is 5.87. The molecule has 4 nitrogen and oxygen atoms in total. The highest BCUT2D eigenvalue weighted by Gasteiger charge is 2.12. The van der Waals surface area contributed by atoms with Gasteiger partial charge in [0.05, 0.1) is 0 Å². The monoisotopic (exact) mass is 243 g/mol. The maximum atomic E-state index is 11.9. The van der Waals surface area contributed by atoms with Crippen molar-refractivity contribution in [3.8, 4) is 6.07 Å². The van der Waals surface area contributed by atoms with Crippen LogP contribution >= 0.6 is 0 Å². The molecule has 1 rings (SSSR count). The van der Waals surface area contributed by atoms with Crippen molar-refractivity contribution in [1.82, 2.24) is 5.32 Å². The van der Waals surface area contributed by atoms with E-state index in [1.807, 2.05) is 39.0 Å². The molecule has 0 saturated heterocycles. The van der Waals surface area contributed by atoms with Gasteiger partial charge in [-0.05, 0) is 31.9 Å². The van der Waals surface area contributed by atoms with Crippen LogP contribution < -0.4 is 10.6 Å². The van der Waals surface area contributed by atoms with Crippen molar-refractivity contribution in [2.45, 2.75) is 20.8 Å². The van der Waals surface area contributed by atoms with Gasteiger partial charge in [0.15, 0.2) is 0 Å². The van der Waals surface area contributed by atoms with E-state index < -0.39 is 5.91 Å². The summed E-state index contributed by atoms with van der Waals surface area (Å²) in [4.78, 5) is 11.9. The van der Waals surface area contributed by atoms with Crippen molar-refractivity contribution < 1.29 is 4.79 Å². The minimum Gasteiger partial charge on any atom is -0.393 e. The first-order chi connectivity index (χ1) is 8.49. The summed E-state index contributed by atoms with van der Waals surface area (Å²) < 4.78 is 0. The molecule has 1 aromatic carbocycles.